The van der Waals surface area contributed by atoms with Crippen LogP contribution in [-0.4, -0.2) is 15.1 Å². The first-order chi connectivity index (χ1) is 9.51. The van der Waals surface area contributed by atoms with Gasteiger partial charge in [-0.05, 0) is 31.0 Å². The van der Waals surface area contributed by atoms with Crippen molar-refractivity contribution in [2.24, 2.45) is 0 Å². The smallest absolute Gasteiger partial charge is 0.169 e. The monoisotopic (exact) mass is 272 g/mol. The molecular formula is C16H20N2O2. The Morgan fingerprint density at radius 2 is 1.95 bits per heavy atom. The number of aryl methyl sites for hydroxylation is 2. The minimum absolute atomic E-state index is 0.164. The van der Waals surface area contributed by atoms with Crippen LogP contribution in [0.5, 0.6) is 11.5 Å². The van der Waals surface area contributed by atoms with Gasteiger partial charge in [-0.25, -0.2) is 9.97 Å². The summed E-state index contributed by atoms with van der Waals surface area (Å²) in [6, 6.07) is 6.01. The summed E-state index contributed by atoms with van der Waals surface area (Å²) in [5.74, 6) is 2.20. The summed E-state index contributed by atoms with van der Waals surface area (Å²) in [6.45, 7) is 7.86. The van der Waals surface area contributed by atoms with Gasteiger partial charge in [0.25, 0.3) is 0 Å². The van der Waals surface area contributed by atoms with Gasteiger partial charge in [-0.3, -0.25) is 0 Å². The van der Waals surface area contributed by atoms with Crippen LogP contribution >= 0.6 is 0 Å². The van der Waals surface area contributed by atoms with E-state index in [4.69, 9.17) is 4.74 Å². The quantitative estimate of drug-likeness (QED) is 0.925. The van der Waals surface area contributed by atoms with E-state index in [1.54, 1.807) is 6.20 Å². The van der Waals surface area contributed by atoms with Gasteiger partial charge in [0.2, 0.25) is 0 Å². The molecule has 1 heterocycles. The lowest BCUT2D eigenvalue weighted by Gasteiger charge is -2.13. The molecule has 0 saturated heterocycles. The molecule has 106 valence electrons. The molecule has 0 aliphatic rings. The Hall–Kier alpha value is -1.94. The molecule has 1 aromatic heterocycles. The highest BCUT2D eigenvalue weighted by molar-refractivity contribution is 5.40. The Labute approximate surface area is 119 Å². The maximum atomic E-state index is 9.46. The average molecular weight is 272 g/mol. The molecule has 0 fully saturated rings. The number of nitrogens with zero attached hydrogens (tertiary/aromatic N) is 2. The van der Waals surface area contributed by atoms with Crippen LogP contribution in [0.1, 0.15) is 42.4 Å². The van der Waals surface area contributed by atoms with Crippen LogP contribution in [0.25, 0.3) is 0 Å². The van der Waals surface area contributed by atoms with E-state index in [9.17, 15) is 5.11 Å². The largest absolute Gasteiger partial charge is 0.453 e. The third-order valence-electron chi connectivity index (χ3n) is 3.08. The van der Waals surface area contributed by atoms with Gasteiger partial charge in [0.15, 0.2) is 5.75 Å². The summed E-state index contributed by atoms with van der Waals surface area (Å²) in [4.78, 5) is 8.64. The molecule has 0 aliphatic heterocycles. The van der Waals surface area contributed by atoms with Crippen LogP contribution in [-0.2, 0) is 6.61 Å². The number of benzene rings is 1. The Bertz CT molecular complexity index is 609. The average Bonchev–Trinajstić information content (AvgIpc) is 2.43. The molecule has 0 spiro atoms. The van der Waals surface area contributed by atoms with E-state index in [1.165, 1.54) is 0 Å². The number of ether oxygens (including phenoxy) is 1. The normalized spacial score (nSPS) is 10.9. The summed E-state index contributed by atoms with van der Waals surface area (Å²) in [5.41, 5.74) is 2.67. The molecule has 0 radical (unpaired) electrons. The number of aromatic nitrogens is 2. The SMILES string of the molecule is Cc1ccc(C)c(Oc2cnc(C(C)C)nc2CO)c1. The van der Waals surface area contributed by atoms with Crippen LogP contribution in [0.15, 0.2) is 24.4 Å². The molecular weight excluding hydrogens is 252 g/mol. The Balaban J connectivity index is 2.35. The Morgan fingerprint density at radius 1 is 1.20 bits per heavy atom. The molecule has 0 bridgehead atoms. The maximum absolute atomic E-state index is 9.46. The topological polar surface area (TPSA) is 55.2 Å². The molecule has 4 heteroatoms. The minimum Gasteiger partial charge on any atom is -0.453 e. The van der Waals surface area contributed by atoms with Crippen molar-refractivity contribution in [1.29, 1.82) is 0 Å². The van der Waals surface area contributed by atoms with Crippen LogP contribution in [0, 0.1) is 13.8 Å². The summed E-state index contributed by atoms with van der Waals surface area (Å²) < 4.78 is 5.86. The number of aliphatic hydroxyl groups is 1. The first kappa shape index (κ1) is 14.5. The molecule has 0 saturated carbocycles. The lowest BCUT2D eigenvalue weighted by molar-refractivity contribution is 0.269. The number of aliphatic hydroxyl groups excluding tert-OH is 1. The van der Waals surface area contributed by atoms with Crippen LogP contribution in [0.3, 0.4) is 0 Å². The molecule has 4 nitrogen and oxygen atoms in total. The van der Waals surface area contributed by atoms with E-state index >= 15 is 0 Å². The summed E-state index contributed by atoms with van der Waals surface area (Å²) in [7, 11) is 0. The molecule has 0 atom stereocenters. The molecule has 20 heavy (non-hydrogen) atoms. The van der Waals surface area contributed by atoms with Gasteiger partial charge >= 0.3 is 0 Å². The van der Waals surface area contributed by atoms with Crippen molar-refractivity contribution >= 4 is 0 Å². The van der Waals surface area contributed by atoms with E-state index in [0.717, 1.165) is 16.9 Å². The zero-order valence-electron chi connectivity index (χ0n) is 12.3. The van der Waals surface area contributed by atoms with Gasteiger partial charge < -0.3 is 9.84 Å². The summed E-state index contributed by atoms with van der Waals surface area (Å²) in [6.07, 6.45) is 1.63. The van der Waals surface area contributed by atoms with Gasteiger partial charge in [0.05, 0.1) is 12.8 Å². The van der Waals surface area contributed by atoms with Crippen molar-refractivity contribution in [2.45, 2.75) is 40.2 Å². The number of hydrogen-bond acceptors (Lipinski definition) is 4. The molecule has 1 aromatic carbocycles. The molecule has 0 unspecified atom stereocenters. The minimum atomic E-state index is -0.164. The second-order valence-corrected chi connectivity index (χ2v) is 5.22. The van der Waals surface area contributed by atoms with Gasteiger partial charge in [0, 0.05) is 5.92 Å². The van der Waals surface area contributed by atoms with E-state index < -0.39 is 0 Å². The van der Waals surface area contributed by atoms with E-state index in [0.29, 0.717) is 17.3 Å². The van der Waals surface area contributed by atoms with Gasteiger partial charge in [0.1, 0.15) is 17.3 Å². The highest BCUT2D eigenvalue weighted by Crippen LogP contribution is 2.28. The van der Waals surface area contributed by atoms with Crippen molar-refractivity contribution < 1.29 is 9.84 Å². The summed E-state index contributed by atoms with van der Waals surface area (Å²) in [5, 5.41) is 9.46. The first-order valence-electron chi connectivity index (χ1n) is 6.73. The van der Waals surface area contributed by atoms with Crippen molar-refractivity contribution in [3.63, 3.8) is 0 Å². The maximum Gasteiger partial charge on any atom is 0.169 e. The molecule has 0 amide bonds. The molecule has 2 aromatic rings. The third kappa shape index (κ3) is 3.14. The highest BCUT2D eigenvalue weighted by Gasteiger charge is 2.12. The van der Waals surface area contributed by atoms with Crippen molar-refractivity contribution in [3.8, 4) is 11.5 Å². The van der Waals surface area contributed by atoms with E-state index in [-0.39, 0.29) is 12.5 Å². The predicted octanol–water partition coefficient (Wildman–Crippen LogP) is 3.50. The van der Waals surface area contributed by atoms with Crippen molar-refractivity contribution in [2.75, 3.05) is 0 Å². The van der Waals surface area contributed by atoms with E-state index in [2.05, 4.69) is 9.97 Å². The van der Waals surface area contributed by atoms with Crippen LogP contribution in [0.4, 0.5) is 0 Å². The van der Waals surface area contributed by atoms with Crippen LogP contribution < -0.4 is 4.74 Å². The van der Waals surface area contributed by atoms with Crippen molar-refractivity contribution in [1.82, 2.24) is 9.97 Å². The number of hydrogen-bond donors (Lipinski definition) is 1. The fourth-order valence-electron chi connectivity index (χ4n) is 1.83. The Morgan fingerprint density at radius 3 is 2.60 bits per heavy atom. The fraction of sp³-hybridized carbons (Fsp3) is 0.375. The second-order valence-electron chi connectivity index (χ2n) is 5.22. The number of rotatable bonds is 4. The van der Waals surface area contributed by atoms with Gasteiger partial charge in [-0.2, -0.15) is 0 Å². The standard InChI is InChI=1S/C16H20N2O2/c1-10(2)16-17-8-15(13(9-19)18-16)20-14-7-11(3)5-6-12(14)4/h5-8,10,19H,9H2,1-4H3. The van der Waals surface area contributed by atoms with Crippen LogP contribution in [0.2, 0.25) is 0 Å². The summed E-state index contributed by atoms with van der Waals surface area (Å²) >= 11 is 0. The second kappa shape index (κ2) is 6.01. The lowest BCUT2D eigenvalue weighted by atomic mass is 10.1. The molecule has 0 aliphatic carbocycles. The zero-order chi connectivity index (χ0) is 14.7. The Kier molecular flexibility index (Phi) is 4.35. The van der Waals surface area contributed by atoms with E-state index in [1.807, 2.05) is 45.9 Å². The predicted molar refractivity (Wildman–Crippen MR) is 78.0 cm³/mol. The lowest BCUT2D eigenvalue weighted by Crippen LogP contribution is -2.04. The third-order valence-corrected chi connectivity index (χ3v) is 3.08. The highest BCUT2D eigenvalue weighted by atomic mass is 16.5. The first-order valence-corrected chi connectivity index (χ1v) is 6.73. The van der Waals surface area contributed by atoms with Crippen molar-refractivity contribution in [3.05, 3.63) is 47.0 Å². The zero-order valence-corrected chi connectivity index (χ0v) is 12.3. The molecule has 2 rings (SSSR count). The van der Waals surface area contributed by atoms with Gasteiger partial charge in [-0.1, -0.05) is 26.0 Å². The van der Waals surface area contributed by atoms with Gasteiger partial charge in [-0.15, -0.1) is 0 Å². The fourth-order valence-corrected chi connectivity index (χ4v) is 1.83. The molecule has 1 N–H and O–H groups in total.